The fourth-order valence-corrected chi connectivity index (χ4v) is 4.54. The van der Waals surface area contributed by atoms with Gasteiger partial charge in [0.05, 0.1) is 23.4 Å². The van der Waals surface area contributed by atoms with Crippen molar-refractivity contribution in [2.24, 2.45) is 17.8 Å². The van der Waals surface area contributed by atoms with Crippen LogP contribution in [-0.2, 0) is 9.53 Å². The molecule has 148 valence electrons. The van der Waals surface area contributed by atoms with Crippen molar-refractivity contribution in [1.29, 1.82) is 0 Å². The van der Waals surface area contributed by atoms with Crippen LogP contribution in [0.25, 0.3) is 11.0 Å². The van der Waals surface area contributed by atoms with E-state index in [9.17, 15) is 4.79 Å². The average Bonchev–Trinajstić information content (AvgIpc) is 3.02. The molecular formula is C21H30N2O3S. The maximum atomic E-state index is 12.4. The Morgan fingerprint density at radius 3 is 2.93 bits per heavy atom. The molecule has 0 spiro atoms. The zero-order chi connectivity index (χ0) is 19.4. The Bertz CT molecular complexity index is 774. The Hall–Kier alpha value is -1.69. The number of carbonyl (C=O) groups excluding carboxylic acids is 1. The van der Waals surface area contributed by atoms with Crippen molar-refractivity contribution in [3.05, 3.63) is 18.2 Å². The number of aromatic nitrogens is 2. The highest BCUT2D eigenvalue weighted by Gasteiger charge is 2.33. The molecule has 27 heavy (non-hydrogen) atoms. The number of nitrogens with zero attached hydrogens (tertiary/aromatic N) is 1. The van der Waals surface area contributed by atoms with Crippen molar-refractivity contribution in [3.63, 3.8) is 0 Å². The number of benzene rings is 1. The molecule has 6 heteroatoms. The van der Waals surface area contributed by atoms with Crippen LogP contribution in [0, 0.1) is 17.8 Å². The molecule has 1 N–H and O–H groups in total. The first kappa shape index (κ1) is 20.1. The Kier molecular flexibility index (Phi) is 6.68. The first-order valence-electron chi connectivity index (χ1n) is 9.91. The highest BCUT2D eigenvalue weighted by molar-refractivity contribution is 7.99. The van der Waals surface area contributed by atoms with Crippen LogP contribution in [0.2, 0.25) is 0 Å². The van der Waals surface area contributed by atoms with Crippen LogP contribution < -0.4 is 4.74 Å². The summed E-state index contributed by atoms with van der Waals surface area (Å²) in [6.45, 7) is 9.28. The molecule has 0 saturated heterocycles. The van der Waals surface area contributed by atoms with Gasteiger partial charge in [0.25, 0.3) is 0 Å². The number of ether oxygens (including phenoxy) is 2. The predicted molar refractivity (Wildman–Crippen MR) is 109 cm³/mol. The van der Waals surface area contributed by atoms with E-state index in [1.165, 1.54) is 18.2 Å². The highest BCUT2D eigenvalue weighted by atomic mass is 32.2. The van der Waals surface area contributed by atoms with Gasteiger partial charge in [-0.15, -0.1) is 0 Å². The molecule has 1 aliphatic rings. The van der Waals surface area contributed by atoms with Crippen LogP contribution in [0.5, 0.6) is 5.75 Å². The quantitative estimate of drug-likeness (QED) is 0.529. The number of esters is 1. The van der Waals surface area contributed by atoms with Gasteiger partial charge in [0.1, 0.15) is 11.9 Å². The van der Waals surface area contributed by atoms with Gasteiger partial charge in [-0.1, -0.05) is 39.0 Å². The van der Waals surface area contributed by atoms with Crippen LogP contribution in [0.15, 0.2) is 23.4 Å². The van der Waals surface area contributed by atoms with Gasteiger partial charge in [0.2, 0.25) is 0 Å². The lowest BCUT2D eigenvalue weighted by Gasteiger charge is -2.36. The first-order chi connectivity index (χ1) is 13.0. The monoisotopic (exact) mass is 390 g/mol. The number of aromatic amines is 1. The van der Waals surface area contributed by atoms with E-state index in [2.05, 4.69) is 30.7 Å². The summed E-state index contributed by atoms with van der Waals surface area (Å²) in [5, 5.41) is 0.730. The lowest BCUT2D eigenvalue weighted by atomic mass is 9.75. The van der Waals surface area contributed by atoms with Crippen molar-refractivity contribution < 1.29 is 14.3 Å². The molecular weight excluding hydrogens is 360 g/mol. The molecule has 0 bridgehead atoms. The molecule has 1 aromatic heterocycles. The largest absolute Gasteiger partial charge is 0.494 e. The van der Waals surface area contributed by atoms with Gasteiger partial charge in [-0.3, -0.25) is 4.79 Å². The molecule has 5 nitrogen and oxygen atoms in total. The summed E-state index contributed by atoms with van der Waals surface area (Å²) in [6.07, 6.45) is 3.40. The molecule has 1 fully saturated rings. The summed E-state index contributed by atoms with van der Waals surface area (Å²) in [5.41, 5.74) is 1.79. The minimum atomic E-state index is -0.153. The van der Waals surface area contributed by atoms with Crippen LogP contribution in [0.3, 0.4) is 0 Å². The number of imidazole rings is 1. The first-order valence-corrected chi connectivity index (χ1v) is 10.9. The van der Waals surface area contributed by atoms with Gasteiger partial charge in [0, 0.05) is 6.07 Å². The molecule has 0 radical (unpaired) electrons. The third-order valence-electron chi connectivity index (χ3n) is 5.31. The van der Waals surface area contributed by atoms with E-state index in [4.69, 9.17) is 9.47 Å². The smallest absolute Gasteiger partial charge is 0.316 e. The molecule has 1 aromatic carbocycles. The lowest BCUT2D eigenvalue weighted by molar-refractivity contribution is -0.152. The molecule has 2 aromatic rings. The topological polar surface area (TPSA) is 64.2 Å². The van der Waals surface area contributed by atoms with Crippen molar-refractivity contribution >= 4 is 28.8 Å². The Morgan fingerprint density at radius 2 is 2.19 bits per heavy atom. The molecule has 0 aliphatic heterocycles. The average molecular weight is 391 g/mol. The van der Waals surface area contributed by atoms with E-state index in [1.54, 1.807) is 0 Å². The fourth-order valence-electron chi connectivity index (χ4n) is 3.87. The SMILES string of the molecule is CCOc1ccc2nc(SCC(=O)O[C@@H]3C[C@H](C)CC[C@H]3C(C)C)[nH]c2c1. The third kappa shape index (κ3) is 5.18. The predicted octanol–water partition coefficient (Wildman–Crippen LogP) is 5.06. The summed E-state index contributed by atoms with van der Waals surface area (Å²) < 4.78 is 11.4. The number of nitrogens with one attached hydrogen (secondary N) is 1. The van der Waals surface area contributed by atoms with Gasteiger partial charge < -0.3 is 14.5 Å². The Labute approximate surface area is 165 Å². The number of fused-ring (bicyclic) bond motifs is 1. The van der Waals surface area contributed by atoms with E-state index >= 15 is 0 Å². The van der Waals surface area contributed by atoms with Gasteiger partial charge in [-0.25, -0.2) is 4.98 Å². The van der Waals surface area contributed by atoms with E-state index in [-0.39, 0.29) is 17.8 Å². The molecule has 3 rings (SSSR count). The summed E-state index contributed by atoms with van der Waals surface area (Å²) in [7, 11) is 0. The molecule has 0 amide bonds. The molecule has 1 aliphatic carbocycles. The number of thioether (sulfide) groups is 1. The number of H-pyrrole nitrogens is 1. The summed E-state index contributed by atoms with van der Waals surface area (Å²) in [5.74, 6) is 2.57. The summed E-state index contributed by atoms with van der Waals surface area (Å²) in [4.78, 5) is 20.2. The Morgan fingerprint density at radius 1 is 1.37 bits per heavy atom. The standard InChI is InChI=1S/C21H30N2O3S/c1-5-25-15-7-9-17-18(11-15)23-21(22-17)27-12-20(24)26-19-10-14(4)6-8-16(19)13(2)3/h7,9,11,13-14,16,19H,5-6,8,10,12H2,1-4H3,(H,22,23)/t14-,16+,19-/m1/s1. The fraction of sp³-hybridized carbons (Fsp3) is 0.619. The van der Waals surface area contributed by atoms with Crippen LogP contribution in [-0.4, -0.2) is 34.4 Å². The zero-order valence-electron chi connectivity index (χ0n) is 16.7. The lowest BCUT2D eigenvalue weighted by Crippen LogP contribution is -2.36. The van der Waals surface area contributed by atoms with Crippen LogP contribution in [0.4, 0.5) is 0 Å². The molecule has 3 atom stereocenters. The van der Waals surface area contributed by atoms with E-state index in [0.29, 0.717) is 24.4 Å². The highest BCUT2D eigenvalue weighted by Crippen LogP contribution is 2.35. The number of hydrogen-bond donors (Lipinski definition) is 1. The van der Waals surface area contributed by atoms with Crippen LogP contribution in [0.1, 0.15) is 47.0 Å². The zero-order valence-corrected chi connectivity index (χ0v) is 17.5. The van der Waals surface area contributed by atoms with Crippen molar-refractivity contribution in [3.8, 4) is 5.75 Å². The summed E-state index contributed by atoms with van der Waals surface area (Å²) in [6, 6.07) is 5.77. The second-order valence-corrected chi connectivity index (χ2v) is 8.76. The van der Waals surface area contributed by atoms with E-state index < -0.39 is 0 Å². The second-order valence-electron chi connectivity index (χ2n) is 7.80. The maximum absolute atomic E-state index is 12.4. The van der Waals surface area contributed by atoms with Crippen molar-refractivity contribution in [2.75, 3.05) is 12.4 Å². The minimum Gasteiger partial charge on any atom is -0.494 e. The van der Waals surface area contributed by atoms with Crippen LogP contribution >= 0.6 is 11.8 Å². The third-order valence-corrected chi connectivity index (χ3v) is 6.16. The van der Waals surface area contributed by atoms with Gasteiger partial charge in [-0.2, -0.15) is 0 Å². The van der Waals surface area contributed by atoms with E-state index in [1.807, 2.05) is 25.1 Å². The normalized spacial score (nSPS) is 22.9. The number of hydrogen-bond acceptors (Lipinski definition) is 5. The molecule has 0 unspecified atom stereocenters. The molecule has 1 saturated carbocycles. The summed E-state index contributed by atoms with van der Waals surface area (Å²) >= 11 is 1.39. The van der Waals surface area contributed by atoms with Gasteiger partial charge in [-0.05, 0) is 49.7 Å². The van der Waals surface area contributed by atoms with Gasteiger partial charge >= 0.3 is 5.97 Å². The maximum Gasteiger partial charge on any atom is 0.316 e. The number of carbonyl (C=O) groups is 1. The van der Waals surface area contributed by atoms with Crippen molar-refractivity contribution in [2.45, 2.75) is 58.2 Å². The van der Waals surface area contributed by atoms with E-state index in [0.717, 1.165) is 34.8 Å². The number of rotatable bonds is 7. The second kappa shape index (κ2) is 9.00. The molecule has 1 heterocycles. The Balaban J connectivity index is 1.57. The van der Waals surface area contributed by atoms with Crippen molar-refractivity contribution in [1.82, 2.24) is 9.97 Å². The van der Waals surface area contributed by atoms with Gasteiger partial charge in [0.15, 0.2) is 5.16 Å². The minimum absolute atomic E-state index is 0.0475.